The van der Waals surface area contributed by atoms with E-state index in [4.69, 9.17) is 16.3 Å². The first kappa shape index (κ1) is 13.5. The Morgan fingerprint density at radius 2 is 1.84 bits per heavy atom. The Labute approximate surface area is 118 Å². The molecule has 2 rings (SSSR count). The molecule has 0 saturated heterocycles. The Morgan fingerprint density at radius 3 is 2.42 bits per heavy atom. The SMILES string of the molecule is COc1ccc(CC(C#N)c2ccccc2Cl)cc1. The number of halogens is 1. The predicted octanol–water partition coefficient (Wildman–Crippen LogP) is 4.20. The van der Waals surface area contributed by atoms with Crippen molar-refractivity contribution >= 4 is 11.6 Å². The second-order valence-electron chi connectivity index (χ2n) is 4.26. The van der Waals surface area contributed by atoms with Crippen LogP contribution in [0.15, 0.2) is 48.5 Å². The molecule has 2 nitrogen and oxygen atoms in total. The second-order valence-corrected chi connectivity index (χ2v) is 4.66. The zero-order valence-electron chi connectivity index (χ0n) is 10.6. The lowest BCUT2D eigenvalue weighted by molar-refractivity contribution is 0.414. The highest BCUT2D eigenvalue weighted by Gasteiger charge is 2.14. The van der Waals surface area contributed by atoms with Gasteiger partial charge in [0.05, 0.1) is 19.1 Å². The minimum Gasteiger partial charge on any atom is -0.497 e. The first-order valence-electron chi connectivity index (χ1n) is 6.01. The fraction of sp³-hybridized carbons (Fsp3) is 0.188. The van der Waals surface area contributed by atoms with Gasteiger partial charge >= 0.3 is 0 Å². The second kappa shape index (κ2) is 6.26. The topological polar surface area (TPSA) is 33.0 Å². The van der Waals surface area contributed by atoms with Gasteiger partial charge in [0.2, 0.25) is 0 Å². The van der Waals surface area contributed by atoms with Crippen molar-refractivity contribution in [2.45, 2.75) is 12.3 Å². The molecule has 0 radical (unpaired) electrons. The molecule has 0 saturated carbocycles. The highest BCUT2D eigenvalue weighted by atomic mass is 35.5. The van der Waals surface area contributed by atoms with E-state index in [1.54, 1.807) is 7.11 Å². The zero-order chi connectivity index (χ0) is 13.7. The number of nitriles is 1. The molecule has 0 aromatic heterocycles. The van der Waals surface area contributed by atoms with Gasteiger partial charge in [-0.15, -0.1) is 0 Å². The molecule has 0 aliphatic rings. The third kappa shape index (κ3) is 3.27. The molecule has 0 spiro atoms. The van der Waals surface area contributed by atoms with Crippen LogP contribution < -0.4 is 4.74 Å². The Bertz CT molecular complexity index is 586. The summed E-state index contributed by atoms with van der Waals surface area (Å²) in [4.78, 5) is 0. The predicted molar refractivity (Wildman–Crippen MR) is 76.5 cm³/mol. The molecule has 2 aromatic rings. The molecule has 1 atom stereocenters. The van der Waals surface area contributed by atoms with Crippen molar-refractivity contribution in [1.29, 1.82) is 5.26 Å². The highest BCUT2D eigenvalue weighted by Crippen LogP contribution is 2.27. The number of nitrogens with zero attached hydrogens (tertiary/aromatic N) is 1. The van der Waals surface area contributed by atoms with Crippen molar-refractivity contribution in [3.8, 4) is 11.8 Å². The van der Waals surface area contributed by atoms with E-state index in [1.165, 1.54) is 0 Å². The van der Waals surface area contributed by atoms with Gasteiger partial charge in [-0.3, -0.25) is 0 Å². The van der Waals surface area contributed by atoms with E-state index < -0.39 is 0 Å². The molecule has 0 aliphatic carbocycles. The van der Waals surface area contributed by atoms with Crippen LogP contribution >= 0.6 is 11.6 Å². The van der Waals surface area contributed by atoms with Crippen LogP contribution in [0.3, 0.4) is 0 Å². The number of ether oxygens (including phenoxy) is 1. The number of benzene rings is 2. The van der Waals surface area contributed by atoms with Gasteiger partial charge in [-0.2, -0.15) is 5.26 Å². The standard InChI is InChI=1S/C16H14ClNO/c1-19-14-8-6-12(7-9-14)10-13(11-18)15-4-2-3-5-16(15)17/h2-9,13H,10H2,1H3. The molecule has 0 heterocycles. The van der Waals surface area contributed by atoms with E-state index in [0.717, 1.165) is 16.9 Å². The van der Waals surface area contributed by atoms with E-state index in [2.05, 4.69) is 6.07 Å². The van der Waals surface area contributed by atoms with Crippen molar-refractivity contribution in [3.63, 3.8) is 0 Å². The van der Waals surface area contributed by atoms with Crippen LogP contribution in [0.1, 0.15) is 17.0 Å². The molecule has 0 amide bonds. The average Bonchev–Trinajstić information content (AvgIpc) is 2.46. The van der Waals surface area contributed by atoms with Gasteiger partial charge < -0.3 is 4.74 Å². The molecule has 0 N–H and O–H groups in total. The molecule has 1 unspecified atom stereocenters. The maximum Gasteiger partial charge on any atom is 0.118 e. The summed E-state index contributed by atoms with van der Waals surface area (Å²) >= 11 is 6.14. The van der Waals surface area contributed by atoms with Gasteiger partial charge in [-0.1, -0.05) is 41.9 Å². The summed E-state index contributed by atoms with van der Waals surface area (Å²) < 4.78 is 5.12. The van der Waals surface area contributed by atoms with Crippen LogP contribution in [0.2, 0.25) is 5.02 Å². The van der Waals surface area contributed by atoms with Gasteiger partial charge in [-0.05, 0) is 35.7 Å². The van der Waals surface area contributed by atoms with Gasteiger partial charge in [-0.25, -0.2) is 0 Å². The third-order valence-corrected chi connectivity index (χ3v) is 3.38. The summed E-state index contributed by atoms with van der Waals surface area (Å²) in [5, 5.41) is 9.97. The summed E-state index contributed by atoms with van der Waals surface area (Å²) in [6.07, 6.45) is 0.643. The number of methoxy groups -OCH3 is 1. The molecule has 0 bridgehead atoms. The molecule has 0 fully saturated rings. The maximum atomic E-state index is 9.33. The number of rotatable bonds is 4. The van der Waals surface area contributed by atoms with E-state index in [1.807, 2.05) is 48.5 Å². The van der Waals surface area contributed by atoms with Crippen LogP contribution in [0, 0.1) is 11.3 Å². The Balaban J connectivity index is 2.20. The van der Waals surface area contributed by atoms with E-state index in [-0.39, 0.29) is 5.92 Å². The minimum atomic E-state index is -0.234. The van der Waals surface area contributed by atoms with Crippen molar-refractivity contribution < 1.29 is 4.74 Å². The monoisotopic (exact) mass is 271 g/mol. The molecule has 3 heteroatoms. The van der Waals surface area contributed by atoms with E-state index in [9.17, 15) is 5.26 Å². The van der Waals surface area contributed by atoms with Crippen molar-refractivity contribution in [2.24, 2.45) is 0 Å². The van der Waals surface area contributed by atoms with Gasteiger partial charge in [0.25, 0.3) is 0 Å². The molecular formula is C16H14ClNO. The summed E-state index contributed by atoms with van der Waals surface area (Å²) in [7, 11) is 1.64. The number of hydrogen-bond acceptors (Lipinski definition) is 2. The summed E-state index contributed by atoms with van der Waals surface area (Å²) in [5.74, 6) is 0.581. The average molecular weight is 272 g/mol. The van der Waals surface area contributed by atoms with Gasteiger partial charge in [0, 0.05) is 5.02 Å². The quantitative estimate of drug-likeness (QED) is 0.835. The molecule has 0 aliphatic heterocycles. The van der Waals surface area contributed by atoms with E-state index >= 15 is 0 Å². The Kier molecular flexibility index (Phi) is 4.43. The third-order valence-electron chi connectivity index (χ3n) is 3.04. The molecule has 2 aromatic carbocycles. The summed E-state index contributed by atoms with van der Waals surface area (Å²) in [6.45, 7) is 0. The summed E-state index contributed by atoms with van der Waals surface area (Å²) in [5.41, 5.74) is 1.97. The maximum absolute atomic E-state index is 9.33. The minimum absolute atomic E-state index is 0.234. The highest BCUT2D eigenvalue weighted by molar-refractivity contribution is 6.31. The molecule has 96 valence electrons. The Morgan fingerprint density at radius 1 is 1.16 bits per heavy atom. The first-order chi connectivity index (χ1) is 9.24. The van der Waals surface area contributed by atoms with Crippen molar-refractivity contribution in [2.75, 3.05) is 7.11 Å². The zero-order valence-corrected chi connectivity index (χ0v) is 11.4. The van der Waals surface area contributed by atoms with Crippen LogP contribution in [-0.2, 0) is 6.42 Å². The fourth-order valence-electron chi connectivity index (χ4n) is 1.98. The van der Waals surface area contributed by atoms with Gasteiger partial charge in [0.1, 0.15) is 5.75 Å². The summed E-state index contributed by atoms with van der Waals surface area (Å²) in [6, 6.07) is 17.6. The normalized spacial score (nSPS) is 11.6. The lowest BCUT2D eigenvalue weighted by Crippen LogP contribution is -2.01. The Hall–Kier alpha value is -1.98. The molecular weight excluding hydrogens is 258 g/mol. The van der Waals surface area contributed by atoms with Crippen molar-refractivity contribution in [1.82, 2.24) is 0 Å². The smallest absolute Gasteiger partial charge is 0.118 e. The van der Waals surface area contributed by atoms with E-state index in [0.29, 0.717) is 11.4 Å². The largest absolute Gasteiger partial charge is 0.497 e. The molecule has 19 heavy (non-hydrogen) atoms. The lowest BCUT2D eigenvalue weighted by atomic mass is 9.93. The van der Waals surface area contributed by atoms with Crippen LogP contribution in [0.5, 0.6) is 5.75 Å². The first-order valence-corrected chi connectivity index (χ1v) is 6.39. The lowest BCUT2D eigenvalue weighted by Gasteiger charge is -2.11. The van der Waals surface area contributed by atoms with Crippen molar-refractivity contribution in [3.05, 3.63) is 64.7 Å². The van der Waals surface area contributed by atoms with Gasteiger partial charge in [0.15, 0.2) is 0 Å². The van der Waals surface area contributed by atoms with Crippen LogP contribution in [-0.4, -0.2) is 7.11 Å². The number of hydrogen-bond donors (Lipinski definition) is 0. The van der Waals surface area contributed by atoms with Crippen LogP contribution in [0.4, 0.5) is 0 Å². The fourth-order valence-corrected chi connectivity index (χ4v) is 2.25. The van der Waals surface area contributed by atoms with Crippen LogP contribution in [0.25, 0.3) is 0 Å².